The molecule has 1 N–H and O–H groups in total. The van der Waals surface area contributed by atoms with E-state index in [2.05, 4.69) is 6.08 Å². The molecule has 0 fully saturated rings. The first kappa shape index (κ1) is 4.10. The molecule has 0 spiro atoms. The molecule has 0 radical (unpaired) electrons. The Kier molecular flexibility index (Phi) is 0.928. The van der Waals surface area contributed by atoms with Crippen molar-refractivity contribution in [2.75, 3.05) is 0 Å². The summed E-state index contributed by atoms with van der Waals surface area (Å²) in [6, 6.07) is 0. The zero-order chi connectivity index (χ0) is 5.11. The van der Waals surface area contributed by atoms with Crippen molar-refractivity contribution in [1.29, 1.82) is 0 Å². The fraction of sp³-hybridized carbons (Fsp3) is 0. The van der Waals surface area contributed by atoms with Gasteiger partial charge in [0.1, 0.15) is 6.08 Å². The first-order valence-electron chi connectivity index (χ1n) is 2.08. The van der Waals surface area contributed by atoms with E-state index in [0.717, 1.165) is 0 Å². The van der Waals surface area contributed by atoms with Crippen molar-refractivity contribution in [2.45, 2.75) is 0 Å². The Morgan fingerprint density at radius 2 is 2.29 bits per heavy atom. The maximum Gasteiger partial charge on any atom is 0.101 e. The molecule has 1 rings (SSSR count). The van der Waals surface area contributed by atoms with Crippen LogP contribution in [0.5, 0.6) is 0 Å². The van der Waals surface area contributed by atoms with Crippen LogP contribution in [0.4, 0.5) is 0 Å². The van der Waals surface area contributed by atoms with E-state index < -0.39 is 0 Å². The van der Waals surface area contributed by atoms with Gasteiger partial charge in [-0.1, -0.05) is 0 Å². The number of hydrogen-bond acceptors (Lipinski definition) is 0. The summed E-state index contributed by atoms with van der Waals surface area (Å²) in [5, 5.41) is 0. The first-order chi connectivity index (χ1) is 3.39. The lowest BCUT2D eigenvalue weighted by atomic mass is 10.3. The third kappa shape index (κ3) is 0.881. The topological polar surface area (TPSA) is 23.8 Å². The highest BCUT2D eigenvalue weighted by molar-refractivity contribution is 5.30. The molecule has 7 heavy (non-hydrogen) atoms. The van der Waals surface area contributed by atoms with Crippen LogP contribution >= 0.6 is 0 Å². The Morgan fingerprint density at radius 3 is 2.57 bits per heavy atom. The van der Waals surface area contributed by atoms with Crippen LogP contribution in [-0.4, -0.2) is 0 Å². The number of allylic oxidation sites excluding steroid dienone is 5. The lowest BCUT2D eigenvalue weighted by Gasteiger charge is -1.89. The second-order valence-corrected chi connectivity index (χ2v) is 1.28. The highest BCUT2D eigenvalue weighted by Gasteiger charge is 1.84. The van der Waals surface area contributed by atoms with Gasteiger partial charge in [0.05, 0.1) is 0 Å². The van der Waals surface area contributed by atoms with Crippen molar-refractivity contribution < 1.29 is 0 Å². The van der Waals surface area contributed by atoms with Gasteiger partial charge in [-0.15, -0.1) is 0 Å². The smallest absolute Gasteiger partial charge is 0.101 e. The maximum absolute atomic E-state index is 6.94. The van der Waals surface area contributed by atoms with Crippen LogP contribution < -0.4 is 0 Å². The molecule has 1 nitrogen and oxygen atoms in total. The predicted molar refractivity (Wildman–Crippen MR) is 29.4 cm³/mol. The summed E-state index contributed by atoms with van der Waals surface area (Å²) < 4.78 is 0. The van der Waals surface area contributed by atoms with Gasteiger partial charge in [0.25, 0.3) is 0 Å². The summed E-state index contributed by atoms with van der Waals surface area (Å²) in [5.41, 5.74) is 7.39. The molecule has 0 saturated carbocycles. The van der Waals surface area contributed by atoms with Crippen molar-refractivity contribution in [3.05, 3.63) is 41.8 Å². The fourth-order valence-corrected chi connectivity index (χ4v) is 0.393. The Balaban J connectivity index is 2.82. The summed E-state index contributed by atoms with van der Waals surface area (Å²) in [6.07, 6.45) is 9.78. The van der Waals surface area contributed by atoms with Crippen LogP contribution in [0.1, 0.15) is 0 Å². The van der Waals surface area contributed by atoms with Crippen LogP contribution in [0.25, 0.3) is 5.73 Å². The summed E-state index contributed by atoms with van der Waals surface area (Å²) in [7, 11) is 0. The van der Waals surface area contributed by atoms with Crippen LogP contribution in [0.15, 0.2) is 30.0 Å². The third-order valence-electron chi connectivity index (χ3n) is 0.709. The van der Waals surface area contributed by atoms with Crippen molar-refractivity contribution in [1.82, 2.24) is 0 Å². The number of rotatable bonds is 0. The minimum absolute atomic E-state index is 0.447. The lowest BCUT2D eigenvalue weighted by Crippen LogP contribution is -1.68. The highest BCUT2D eigenvalue weighted by atomic mass is 14.5. The maximum atomic E-state index is 6.94. The monoisotopic (exact) mass is 91.0 g/mol. The van der Waals surface area contributed by atoms with E-state index in [1.54, 1.807) is 12.2 Å². The fourth-order valence-electron chi connectivity index (χ4n) is 0.393. The van der Waals surface area contributed by atoms with Gasteiger partial charge in [-0.05, 0) is 0 Å². The predicted octanol–water partition coefficient (Wildman–Crippen LogP) is 1.85. The molecular weight excluding hydrogens is 86.1 g/mol. The lowest BCUT2D eigenvalue weighted by molar-refractivity contribution is 1.61. The molecule has 0 amide bonds. The van der Waals surface area contributed by atoms with Gasteiger partial charge in [-0.25, -0.2) is 0 Å². The van der Waals surface area contributed by atoms with E-state index in [-0.39, 0.29) is 0 Å². The van der Waals surface area contributed by atoms with Crippen LogP contribution in [0.3, 0.4) is 0 Å². The van der Waals surface area contributed by atoms with Gasteiger partial charge < -0.3 is 5.73 Å². The van der Waals surface area contributed by atoms with E-state index in [1.807, 2.05) is 12.2 Å². The molecule has 0 unspecified atom stereocenters. The van der Waals surface area contributed by atoms with Crippen LogP contribution in [0.2, 0.25) is 0 Å². The van der Waals surface area contributed by atoms with Crippen molar-refractivity contribution in [3.63, 3.8) is 0 Å². The molecule has 1 aliphatic rings. The van der Waals surface area contributed by atoms with E-state index in [0.29, 0.717) is 5.70 Å². The van der Waals surface area contributed by atoms with Gasteiger partial charge in [0, 0.05) is 30.0 Å². The number of hydrogen-bond donors (Lipinski definition) is 0. The highest BCUT2D eigenvalue weighted by Crippen LogP contribution is 1.99. The van der Waals surface area contributed by atoms with Gasteiger partial charge in [0.15, 0.2) is 0 Å². The Morgan fingerprint density at radius 1 is 1.43 bits per heavy atom. The minimum atomic E-state index is 0.447. The van der Waals surface area contributed by atoms with Crippen molar-refractivity contribution in [2.24, 2.45) is 0 Å². The molecule has 1 heteroatoms. The molecule has 0 bridgehead atoms. The zero-order valence-corrected chi connectivity index (χ0v) is 3.81. The standard InChI is InChI=1S/C6H5N/c7-6-4-2-1-3-5-6/h1-4,7H. The Hall–Kier alpha value is -1.07. The minimum Gasteiger partial charge on any atom is -0.667 e. The Labute approximate surface area is 42.8 Å². The second-order valence-electron chi connectivity index (χ2n) is 1.28. The largest absolute Gasteiger partial charge is 0.667 e. The summed E-state index contributed by atoms with van der Waals surface area (Å²) in [4.78, 5) is 0. The average Bonchev–Trinajstić information content (AvgIpc) is 1.69. The van der Waals surface area contributed by atoms with E-state index >= 15 is 0 Å². The van der Waals surface area contributed by atoms with E-state index in [1.165, 1.54) is 0 Å². The van der Waals surface area contributed by atoms with Crippen LogP contribution in [0, 0.1) is 6.08 Å². The Bertz CT molecular complexity index is 140. The molecule has 0 aliphatic heterocycles. The second kappa shape index (κ2) is 1.59. The zero-order valence-electron chi connectivity index (χ0n) is 3.81. The van der Waals surface area contributed by atoms with Crippen molar-refractivity contribution >= 4 is 0 Å². The average molecular weight is 91.1 g/mol. The normalized spacial score (nSPS) is 15.7. The van der Waals surface area contributed by atoms with Gasteiger partial charge in [0.2, 0.25) is 0 Å². The summed E-state index contributed by atoms with van der Waals surface area (Å²) >= 11 is 0. The van der Waals surface area contributed by atoms with Crippen molar-refractivity contribution in [3.8, 4) is 0 Å². The molecule has 0 atom stereocenters. The molecule has 1 aliphatic carbocycles. The van der Waals surface area contributed by atoms with Gasteiger partial charge >= 0.3 is 0 Å². The molecule has 0 aromatic heterocycles. The van der Waals surface area contributed by atoms with Crippen LogP contribution in [-0.2, 0) is 0 Å². The third-order valence-corrected chi connectivity index (χ3v) is 0.709. The van der Waals surface area contributed by atoms with E-state index in [4.69, 9.17) is 5.73 Å². The molecule has 0 aromatic carbocycles. The van der Waals surface area contributed by atoms with Gasteiger partial charge in [-0.2, -0.15) is 0 Å². The SMILES string of the molecule is [NH-]C1=CC=CC=[C+]1. The summed E-state index contributed by atoms with van der Waals surface area (Å²) in [5.74, 6) is 0. The summed E-state index contributed by atoms with van der Waals surface area (Å²) in [6.45, 7) is 0. The molecule has 34 valence electrons. The molecule has 0 heterocycles. The molecular formula is C6H5N. The number of nitrogens with one attached hydrogen (secondary N) is 1. The molecule has 0 saturated heterocycles. The van der Waals surface area contributed by atoms with Gasteiger partial charge in [-0.3, -0.25) is 0 Å². The van der Waals surface area contributed by atoms with E-state index in [9.17, 15) is 0 Å². The molecule has 0 aromatic rings. The first-order valence-corrected chi connectivity index (χ1v) is 2.08. The quantitative estimate of drug-likeness (QED) is 0.406.